The predicted molar refractivity (Wildman–Crippen MR) is 68.6 cm³/mol. The van der Waals surface area contributed by atoms with Crippen molar-refractivity contribution in [3.8, 4) is 0 Å². The Morgan fingerprint density at radius 2 is 1.65 bits per heavy atom. The van der Waals surface area contributed by atoms with E-state index in [1.807, 2.05) is 0 Å². The highest BCUT2D eigenvalue weighted by Crippen LogP contribution is 2.45. The minimum Gasteiger partial charge on any atom is -0.390 e. The van der Waals surface area contributed by atoms with Crippen LogP contribution in [0.1, 0.15) is 59.3 Å². The molecule has 17 heavy (non-hydrogen) atoms. The van der Waals surface area contributed by atoms with Crippen LogP contribution < -0.4 is 0 Å². The lowest BCUT2D eigenvalue weighted by atomic mass is 9.75. The molecule has 2 atom stereocenters. The van der Waals surface area contributed by atoms with Crippen molar-refractivity contribution in [1.29, 1.82) is 0 Å². The molecule has 2 bridgehead atoms. The second kappa shape index (κ2) is 3.95. The highest BCUT2D eigenvalue weighted by molar-refractivity contribution is 7.92. The van der Waals surface area contributed by atoms with Gasteiger partial charge < -0.3 is 5.11 Å². The Labute approximate surface area is 105 Å². The molecule has 2 saturated heterocycles. The van der Waals surface area contributed by atoms with E-state index in [-0.39, 0.29) is 15.9 Å². The summed E-state index contributed by atoms with van der Waals surface area (Å²) in [5.74, 6) is 0. The van der Waals surface area contributed by atoms with Crippen LogP contribution >= 0.6 is 0 Å². The molecule has 0 spiro atoms. The average molecular weight is 260 g/mol. The lowest BCUT2D eigenvalue weighted by molar-refractivity contribution is -0.0240. The normalized spacial score (nSPS) is 41.2. The van der Waals surface area contributed by atoms with Gasteiger partial charge in [-0.3, -0.25) is 0 Å². The predicted octanol–water partition coefficient (Wildman–Crippen LogP) is 2.28. The van der Waals surface area contributed by atoms with E-state index >= 15 is 0 Å². The monoisotopic (exact) mass is 260 g/mol. The van der Waals surface area contributed by atoms with Crippen LogP contribution in [0.2, 0.25) is 0 Å². The van der Waals surface area contributed by atoms with Crippen molar-refractivity contribution in [2.24, 2.45) is 5.41 Å². The van der Waals surface area contributed by atoms with Gasteiger partial charge in [0.15, 0.2) is 9.84 Å². The fraction of sp³-hybridized carbons (Fsp3) is 1.00. The minimum absolute atomic E-state index is 0.0458. The number of sulfone groups is 1. The zero-order valence-corrected chi connectivity index (χ0v) is 11.9. The third-order valence-electron chi connectivity index (χ3n) is 4.06. The van der Waals surface area contributed by atoms with E-state index in [0.29, 0.717) is 19.3 Å². The molecule has 0 radical (unpaired) electrons. The molecule has 0 saturated carbocycles. The van der Waals surface area contributed by atoms with Crippen LogP contribution in [0.5, 0.6) is 0 Å². The van der Waals surface area contributed by atoms with Gasteiger partial charge in [-0.2, -0.15) is 0 Å². The molecule has 0 aliphatic carbocycles. The van der Waals surface area contributed by atoms with Crippen LogP contribution in [0.15, 0.2) is 0 Å². The van der Waals surface area contributed by atoms with Gasteiger partial charge in [-0.05, 0) is 37.5 Å². The zero-order chi connectivity index (χ0) is 12.9. The maximum atomic E-state index is 12.1. The molecular weight excluding hydrogens is 236 g/mol. The molecule has 0 aromatic carbocycles. The van der Waals surface area contributed by atoms with Crippen molar-refractivity contribution in [3.63, 3.8) is 0 Å². The third kappa shape index (κ3) is 2.68. The molecule has 1 N–H and O–H groups in total. The summed E-state index contributed by atoms with van der Waals surface area (Å²) >= 11 is 0. The summed E-state index contributed by atoms with van der Waals surface area (Å²) in [4.78, 5) is 0. The number of hydrogen-bond donors (Lipinski definition) is 1. The Morgan fingerprint density at radius 3 is 2.06 bits per heavy atom. The molecule has 2 aliphatic heterocycles. The van der Waals surface area contributed by atoms with Gasteiger partial charge in [0.05, 0.1) is 16.1 Å². The summed E-state index contributed by atoms with van der Waals surface area (Å²) in [6, 6.07) is 0. The Morgan fingerprint density at radius 1 is 1.18 bits per heavy atom. The maximum Gasteiger partial charge on any atom is 0.156 e. The smallest absolute Gasteiger partial charge is 0.156 e. The molecule has 2 aliphatic rings. The van der Waals surface area contributed by atoms with Crippen molar-refractivity contribution in [2.75, 3.05) is 0 Å². The van der Waals surface area contributed by atoms with E-state index in [4.69, 9.17) is 0 Å². The van der Waals surface area contributed by atoms with Gasteiger partial charge in [-0.25, -0.2) is 8.42 Å². The van der Waals surface area contributed by atoms with Crippen LogP contribution in [-0.4, -0.2) is 29.6 Å². The molecule has 100 valence electrons. The number of hydrogen-bond acceptors (Lipinski definition) is 3. The molecule has 2 rings (SSSR count). The second-order valence-electron chi connectivity index (χ2n) is 7.13. The van der Waals surface area contributed by atoms with Crippen molar-refractivity contribution >= 4 is 9.84 Å². The minimum atomic E-state index is -2.95. The van der Waals surface area contributed by atoms with E-state index in [0.717, 1.165) is 19.3 Å². The van der Waals surface area contributed by atoms with Gasteiger partial charge in [0.2, 0.25) is 0 Å². The SMILES string of the molecule is CC(C)(C)CC1(O)CC2CCCC(C1)S2(=O)=O. The summed E-state index contributed by atoms with van der Waals surface area (Å²) in [5, 5.41) is 10.1. The largest absolute Gasteiger partial charge is 0.390 e. The van der Waals surface area contributed by atoms with Crippen LogP contribution in [0, 0.1) is 5.41 Å². The molecule has 0 aromatic heterocycles. The molecule has 2 heterocycles. The van der Waals surface area contributed by atoms with Crippen LogP contribution in [-0.2, 0) is 9.84 Å². The Bertz CT molecular complexity index is 371. The van der Waals surface area contributed by atoms with Crippen molar-refractivity contribution < 1.29 is 13.5 Å². The molecule has 0 aromatic rings. The van der Waals surface area contributed by atoms with Gasteiger partial charge in [0, 0.05) is 0 Å². The van der Waals surface area contributed by atoms with Crippen LogP contribution in [0.25, 0.3) is 0 Å². The molecule has 2 unspecified atom stereocenters. The van der Waals surface area contributed by atoms with E-state index in [1.165, 1.54) is 0 Å². The van der Waals surface area contributed by atoms with E-state index in [9.17, 15) is 13.5 Å². The van der Waals surface area contributed by atoms with Gasteiger partial charge in [0.25, 0.3) is 0 Å². The summed E-state index contributed by atoms with van der Waals surface area (Å²) in [6.45, 7) is 6.30. The van der Waals surface area contributed by atoms with E-state index in [2.05, 4.69) is 20.8 Å². The number of fused-ring (bicyclic) bond motifs is 2. The van der Waals surface area contributed by atoms with Crippen LogP contribution in [0.3, 0.4) is 0 Å². The third-order valence-corrected chi connectivity index (χ3v) is 6.72. The topological polar surface area (TPSA) is 54.4 Å². The van der Waals surface area contributed by atoms with Gasteiger partial charge in [-0.15, -0.1) is 0 Å². The lowest BCUT2D eigenvalue weighted by Crippen LogP contribution is -2.52. The quantitative estimate of drug-likeness (QED) is 0.787. The molecule has 4 heteroatoms. The van der Waals surface area contributed by atoms with Gasteiger partial charge >= 0.3 is 0 Å². The van der Waals surface area contributed by atoms with Crippen LogP contribution in [0.4, 0.5) is 0 Å². The van der Waals surface area contributed by atoms with Gasteiger partial charge in [0.1, 0.15) is 0 Å². The average Bonchev–Trinajstić information content (AvgIpc) is 2.05. The van der Waals surface area contributed by atoms with Crippen molar-refractivity contribution in [3.05, 3.63) is 0 Å². The summed E-state index contributed by atoms with van der Waals surface area (Å²) in [7, 11) is -2.95. The van der Waals surface area contributed by atoms with Gasteiger partial charge in [-0.1, -0.05) is 27.2 Å². The zero-order valence-electron chi connectivity index (χ0n) is 11.1. The summed E-state index contributed by atoms with van der Waals surface area (Å²) in [6.07, 6.45) is 4.07. The number of rotatable bonds is 1. The maximum absolute atomic E-state index is 12.1. The number of aliphatic hydroxyl groups is 1. The fourth-order valence-corrected chi connectivity index (χ4v) is 6.29. The first-order chi connectivity index (χ1) is 7.62. The first kappa shape index (κ1) is 13.3. The second-order valence-corrected chi connectivity index (χ2v) is 9.65. The summed E-state index contributed by atoms with van der Waals surface area (Å²) in [5.41, 5.74) is -0.719. The molecular formula is C13H24O3S. The fourth-order valence-electron chi connectivity index (χ4n) is 3.67. The van der Waals surface area contributed by atoms with Crippen molar-refractivity contribution in [1.82, 2.24) is 0 Å². The summed E-state index contributed by atoms with van der Waals surface area (Å²) < 4.78 is 24.3. The standard InChI is InChI=1S/C13H24O3S/c1-12(2,3)9-13(14)7-10-5-4-6-11(8-13)17(10,15)16/h10-11,14H,4-9H2,1-3H3. The Balaban J connectivity index is 2.21. The highest BCUT2D eigenvalue weighted by Gasteiger charge is 2.50. The first-order valence-electron chi connectivity index (χ1n) is 6.58. The molecule has 2 fully saturated rings. The van der Waals surface area contributed by atoms with E-state index < -0.39 is 15.4 Å². The molecule has 3 nitrogen and oxygen atoms in total. The Hall–Kier alpha value is -0.0900. The highest BCUT2D eigenvalue weighted by atomic mass is 32.2. The van der Waals surface area contributed by atoms with E-state index in [1.54, 1.807) is 0 Å². The Kier molecular flexibility index (Phi) is 3.10. The molecule has 0 amide bonds. The first-order valence-corrected chi connectivity index (χ1v) is 8.19. The van der Waals surface area contributed by atoms with Crippen molar-refractivity contribution in [2.45, 2.75) is 75.4 Å². The lowest BCUT2D eigenvalue weighted by Gasteiger charge is -2.46.